The van der Waals surface area contributed by atoms with Crippen LogP contribution in [0.3, 0.4) is 0 Å². The Labute approximate surface area is 111 Å². The van der Waals surface area contributed by atoms with Gasteiger partial charge in [-0.25, -0.2) is 0 Å². The van der Waals surface area contributed by atoms with Gasteiger partial charge in [0.1, 0.15) is 5.75 Å². The summed E-state index contributed by atoms with van der Waals surface area (Å²) in [4.78, 5) is 0. The van der Waals surface area contributed by atoms with E-state index >= 15 is 0 Å². The number of benzene rings is 1. The molecule has 0 bridgehead atoms. The van der Waals surface area contributed by atoms with Crippen molar-refractivity contribution in [2.45, 2.75) is 45.6 Å². The monoisotopic (exact) mass is 247 g/mol. The van der Waals surface area contributed by atoms with Crippen molar-refractivity contribution in [1.29, 1.82) is 0 Å². The Morgan fingerprint density at radius 1 is 1.22 bits per heavy atom. The predicted molar refractivity (Wildman–Crippen MR) is 76.1 cm³/mol. The minimum atomic E-state index is 0.580. The van der Waals surface area contributed by atoms with Crippen molar-refractivity contribution in [3.8, 4) is 5.75 Å². The summed E-state index contributed by atoms with van der Waals surface area (Å²) in [6, 6.07) is 9.26. The molecule has 1 aromatic rings. The lowest BCUT2D eigenvalue weighted by atomic mass is 9.98. The van der Waals surface area contributed by atoms with Crippen LogP contribution in [0.2, 0.25) is 0 Å². The molecule has 0 saturated carbocycles. The fraction of sp³-hybridized carbons (Fsp3) is 0.625. The van der Waals surface area contributed by atoms with Gasteiger partial charge in [0.05, 0.1) is 6.61 Å². The molecule has 18 heavy (non-hydrogen) atoms. The molecule has 0 aliphatic carbocycles. The second-order valence-corrected chi connectivity index (χ2v) is 5.70. The molecule has 0 unspecified atom stereocenters. The minimum Gasteiger partial charge on any atom is -0.493 e. The first-order valence-corrected chi connectivity index (χ1v) is 7.19. The molecule has 0 spiro atoms. The van der Waals surface area contributed by atoms with Crippen molar-refractivity contribution in [3.63, 3.8) is 0 Å². The van der Waals surface area contributed by atoms with Crippen LogP contribution in [0.5, 0.6) is 5.75 Å². The zero-order valence-corrected chi connectivity index (χ0v) is 11.6. The largest absolute Gasteiger partial charge is 0.493 e. The van der Waals surface area contributed by atoms with Crippen LogP contribution in [-0.2, 0) is 6.42 Å². The molecule has 0 amide bonds. The lowest BCUT2D eigenvalue weighted by molar-refractivity contribution is 0.271. The van der Waals surface area contributed by atoms with Crippen LogP contribution in [-0.4, -0.2) is 19.2 Å². The Hall–Kier alpha value is -1.02. The zero-order chi connectivity index (χ0) is 12.8. The smallest absolute Gasteiger partial charge is 0.119 e. The Balaban J connectivity index is 1.83. The first-order valence-electron chi connectivity index (χ1n) is 7.19. The minimum absolute atomic E-state index is 0.580. The molecule has 1 N–H and O–H groups in total. The van der Waals surface area contributed by atoms with E-state index in [1.54, 1.807) is 0 Å². The van der Waals surface area contributed by atoms with Crippen LogP contribution in [0.15, 0.2) is 24.3 Å². The van der Waals surface area contributed by atoms with Gasteiger partial charge in [-0.05, 0) is 49.4 Å². The Kier molecular flexibility index (Phi) is 5.06. The topological polar surface area (TPSA) is 21.3 Å². The highest BCUT2D eigenvalue weighted by Gasteiger charge is 2.12. The summed E-state index contributed by atoms with van der Waals surface area (Å²) in [7, 11) is 0. The number of hydrogen-bond acceptors (Lipinski definition) is 2. The molecule has 1 saturated heterocycles. The maximum absolute atomic E-state index is 5.70. The SMILES string of the molecule is CC(C)COc1ccc(C[C@H]2CCCCN2)cc1. The molecule has 0 aromatic heterocycles. The van der Waals surface area contributed by atoms with Crippen LogP contribution in [0.25, 0.3) is 0 Å². The second-order valence-electron chi connectivity index (χ2n) is 5.70. The normalized spacial score (nSPS) is 20.1. The van der Waals surface area contributed by atoms with E-state index in [2.05, 4.69) is 43.4 Å². The van der Waals surface area contributed by atoms with E-state index in [9.17, 15) is 0 Å². The van der Waals surface area contributed by atoms with Gasteiger partial charge in [-0.2, -0.15) is 0 Å². The highest BCUT2D eigenvalue weighted by atomic mass is 16.5. The highest BCUT2D eigenvalue weighted by Crippen LogP contribution is 2.17. The van der Waals surface area contributed by atoms with Gasteiger partial charge in [0, 0.05) is 6.04 Å². The average molecular weight is 247 g/mol. The molecule has 0 radical (unpaired) electrons. The van der Waals surface area contributed by atoms with E-state index in [0.29, 0.717) is 12.0 Å². The number of hydrogen-bond donors (Lipinski definition) is 1. The molecule has 1 fully saturated rings. The molecule has 1 aliphatic rings. The van der Waals surface area contributed by atoms with Crippen molar-refractivity contribution in [1.82, 2.24) is 5.32 Å². The molecule has 100 valence electrons. The Bertz CT molecular complexity index is 339. The number of piperidine rings is 1. The third-order valence-electron chi connectivity index (χ3n) is 3.40. The zero-order valence-electron chi connectivity index (χ0n) is 11.6. The van der Waals surface area contributed by atoms with Crippen molar-refractivity contribution in [2.75, 3.05) is 13.2 Å². The number of nitrogens with one attached hydrogen (secondary N) is 1. The van der Waals surface area contributed by atoms with Crippen molar-refractivity contribution in [3.05, 3.63) is 29.8 Å². The molecule has 2 rings (SSSR count). The van der Waals surface area contributed by atoms with Gasteiger partial charge in [-0.15, -0.1) is 0 Å². The predicted octanol–water partition coefficient (Wildman–Crippen LogP) is 3.41. The maximum Gasteiger partial charge on any atom is 0.119 e. The summed E-state index contributed by atoms with van der Waals surface area (Å²) in [5.74, 6) is 1.57. The van der Waals surface area contributed by atoms with E-state index in [4.69, 9.17) is 4.74 Å². The summed E-state index contributed by atoms with van der Waals surface area (Å²) in [5.41, 5.74) is 1.41. The van der Waals surface area contributed by atoms with Gasteiger partial charge in [-0.3, -0.25) is 0 Å². The van der Waals surface area contributed by atoms with Crippen LogP contribution in [0, 0.1) is 5.92 Å². The summed E-state index contributed by atoms with van der Waals surface area (Å²) in [6.07, 6.45) is 5.15. The summed E-state index contributed by atoms with van der Waals surface area (Å²) >= 11 is 0. The number of rotatable bonds is 5. The Morgan fingerprint density at radius 3 is 2.61 bits per heavy atom. The summed E-state index contributed by atoms with van der Waals surface area (Å²) in [6.45, 7) is 6.32. The maximum atomic E-state index is 5.70. The molecule has 1 atom stereocenters. The van der Waals surface area contributed by atoms with Crippen LogP contribution in [0.4, 0.5) is 0 Å². The standard InChI is InChI=1S/C16H25NO/c1-13(2)12-18-16-8-6-14(7-9-16)11-15-5-3-4-10-17-15/h6-9,13,15,17H,3-5,10-12H2,1-2H3/t15-/m1/s1. The van der Waals surface area contributed by atoms with Crippen LogP contribution >= 0.6 is 0 Å². The highest BCUT2D eigenvalue weighted by molar-refractivity contribution is 5.27. The van der Waals surface area contributed by atoms with E-state index in [-0.39, 0.29) is 0 Å². The van der Waals surface area contributed by atoms with Gasteiger partial charge in [-0.1, -0.05) is 32.4 Å². The molecule has 2 heteroatoms. The number of ether oxygens (including phenoxy) is 1. The fourth-order valence-corrected chi connectivity index (χ4v) is 2.37. The van der Waals surface area contributed by atoms with Gasteiger partial charge < -0.3 is 10.1 Å². The molecule has 1 aromatic carbocycles. The first kappa shape index (κ1) is 13.4. The van der Waals surface area contributed by atoms with Gasteiger partial charge in [0.15, 0.2) is 0 Å². The first-order chi connectivity index (χ1) is 8.74. The molecule has 1 heterocycles. The van der Waals surface area contributed by atoms with E-state index < -0.39 is 0 Å². The summed E-state index contributed by atoms with van der Waals surface area (Å²) in [5, 5.41) is 3.59. The van der Waals surface area contributed by atoms with Crippen molar-refractivity contribution >= 4 is 0 Å². The molecule has 1 aliphatic heterocycles. The third-order valence-corrected chi connectivity index (χ3v) is 3.40. The lowest BCUT2D eigenvalue weighted by Crippen LogP contribution is -2.35. The third kappa shape index (κ3) is 4.34. The van der Waals surface area contributed by atoms with Crippen LogP contribution in [0.1, 0.15) is 38.7 Å². The molecular formula is C16H25NO. The van der Waals surface area contributed by atoms with Crippen LogP contribution < -0.4 is 10.1 Å². The van der Waals surface area contributed by atoms with Crippen molar-refractivity contribution in [2.24, 2.45) is 5.92 Å². The second kappa shape index (κ2) is 6.79. The van der Waals surface area contributed by atoms with E-state index in [1.165, 1.54) is 31.4 Å². The van der Waals surface area contributed by atoms with Crippen molar-refractivity contribution < 1.29 is 4.74 Å². The van der Waals surface area contributed by atoms with Gasteiger partial charge >= 0.3 is 0 Å². The lowest BCUT2D eigenvalue weighted by Gasteiger charge is -2.23. The summed E-state index contributed by atoms with van der Waals surface area (Å²) < 4.78 is 5.70. The quantitative estimate of drug-likeness (QED) is 0.861. The van der Waals surface area contributed by atoms with Gasteiger partial charge in [0.25, 0.3) is 0 Å². The molecular weight excluding hydrogens is 222 g/mol. The molecule has 2 nitrogen and oxygen atoms in total. The Morgan fingerprint density at radius 2 is 2.00 bits per heavy atom. The van der Waals surface area contributed by atoms with E-state index in [1.807, 2.05) is 0 Å². The average Bonchev–Trinajstić information content (AvgIpc) is 2.39. The van der Waals surface area contributed by atoms with E-state index in [0.717, 1.165) is 18.8 Å². The fourth-order valence-electron chi connectivity index (χ4n) is 2.37. The van der Waals surface area contributed by atoms with Gasteiger partial charge in [0.2, 0.25) is 0 Å².